The molecular formula is C22H22Cl2N4O5. The lowest BCUT2D eigenvalue weighted by Crippen LogP contribution is -2.37. The van der Waals surface area contributed by atoms with E-state index in [0.29, 0.717) is 39.4 Å². The number of nitrogens with one attached hydrogen (secondary N) is 3. The van der Waals surface area contributed by atoms with Gasteiger partial charge in [-0.2, -0.15) is 5.10 Å². The summed E-state index contributed by atoms with van der Waals surface area (Å²) in [6.07, 6.45) is 2.78. The van der Waals surface area contributed by atoms with Gasteiger partial charge >= 0.3 is 11.8 Å². The molecule has 0 bridgehead atoms. The van der Waals surface area contributed by atoms with Crippen LogP contribution in [0.15, 0.2) is 54.2 Å². The van der Waals surface area contributed by atoms with Crippen LogP contribution in [0, 0.1) is 0 Å². The molecule has 0 aromatic heterocycles. The van der Waals surface area contributed by atoms with Gasteiger partial charge in [0.15, 0.2) is 18.1 Å². The molecule has 33 heavy (non-hydrogen) atoms. The second-order valence-corrected chi connectivity index (χ2v) is 7.20. The lowest BCUT2D eigenvalue weighted by molar-refractivity contribution is -0.139. The van der Waals surface area contributed by atoms with Crippen LogP contribution < -0.4 is 25.5 Å². The molecule has 3 N–H and O–H groups in total. The number of anilines is 1. The van der Waals surface area contributed by atoms with E-state index >= 15 is 0 Å². The van der Waals surface area contributed by atoms with Crippen LogP contribution in [0.3, 0.4) is 0 Å². The van der Waals surface area contributed by atoms with Crippen molar-refractivity contribution >= 4 is 52.8 Å². The van der Waals surface area contributed by atoms with Crippen LogP contribution in [0.25, 0.3) is 0 Å². The number of nitrogens with zero attached hydrogens (tertiary/aromatic N) is 1. The summed E-state index contributed by atoms with van der Waals surface area (Å²) in [6.45, 7) is 5.47. The maximum absolute atomic E-state index is 12.2. The molecule has 11 heteroatoms. The molecule has 0 saturated heterocycles. The zero-order valence-corrected chi connectivity index (χ0v) is 19.2. The van der Waals surface area contributed by atoms with E-state index in [-0.39, 0.29) is 13.2 Å². The van der Waals surface area contributed by atoms with Crippen LogP contribution in [0.1, 0.15) is 12.5 Å². The molecule has 0 heterocycles. The third kappa shape index (κ3) is 8.83. The maximum Gasteiger partial charge on any atom is 0.329 e. The van der Waals surface area contributed by atoms with Crippen LogP contribution in [0.5, 0.6) is 11.5 Å². The number of halogens is 2. The Morgan fingerprint density at radius 1 is 1.03 bits per heavy atom. The van der Waals surface area contributed by atoms with Crippen LogP contribution in [-0.2, 0) is 14.4 Å². The molecule has 0 unspecified atom stereocenters. The first kappa shape index (κ1) is 25.7. The fourth-order valence-electron chi connectivity index (χ4n) is 2.42. The van der Waals surface area contributed by atoms with Gasteiger partial charge < -0.3 is 20.1 Å². The van der Waals surface area contributed by atoms with E-state index in [2.05, 4.69) is 27.7 Å². The predicted octanol–water partition coefficient (Wildman–Crippen LogP) is 3.16. The van der Waals surface area contributed by atoms with E-state index in [4.69, 9.17) is 32.7 Å². The normalized spacial score (nSPS) is 10.4. The Labute approximate surface area is 200 Å². The molecule has 0 aliphatic carbocycles. The van der Waals surface area contributed by atoms with Gasteiger partial charge in [-0.15, -0.1) is 6.58 Å². The summed E-state index contributed by atoms with van der Waals surface area (Å²) in [5.41, 5.74) is 3.13. The molecule has 3 amide bonds. The molecule has 2 aromatic carbocycles. The second kappa shape index (κ2) is 13.1. The monoisotopic (exact) mass is 492 g/mol. The third-order valence-electron chi connectivity index (χ3n) is 3.77. The topological polar surface area (TPSA) is 118 Å². The minimum absolute atomic E-state index is 0.167. The summed E-state index contributed by atoms with van der Waals surface area (Å²) in [5, 5.41) is 9.50. The SMILES string of the molecule is C=CCNC(=O)C(=O)NN=Cc1ccc(OCC(=O)Nc2cc(Cl)cc(Cl)c2)c(OCC)c1. The maximum atomic E-state index is 12.2. The first-order chi connectivity index (χ1) is 15.8. The number of hydrogen-bond acceptors (Lipinski definition) is 6. The smallest absolute Gasteiger partial charge is 0.329 e. The summed E-state index contributed by atoms with van der Waals surface area (Å²) >= 11 is 11.9. The molecule has 0 spiro atoms. The van der Waals surface area contributed by atoms with E-state index in [9.17, 15) is 14.4 Å². The van der Waals surface area contributed by atoms with Gasteiger partial charge in [0, 0.05) is 22.3 Å². The van der Waals surface area contributed by atoms with E-state index in [1.165, 1.54) is 12.3 Å². The Kier molecular flexibility index (Phi) is 10.2. The fourth-order valence-corrected chi connectivity index (χ4v) is 2.95. The quantitative estimate of drug-likeness (QED) is 0.203. The summed E-state index contributed by atoms with van der Waals surface area (Å²) in [7, 11) is 0. The van der Waals surface area contributed by atoms with Crippen LogP contribution >= 0.6 is 23.2 Å². The number of hydrazone groups is 1. The van der Waals surface area contributed by atoms with Gasteiger partial charge in [-0.1, -0.05) is 29.3 Å². The highest BCUT2D eigenvalue weighted by Crippen LogP contribution is 2.28. The van der Waals surface area contributed by atoms with Crippen molar-refractivity contribution in [2.45, 2.75) is 6.92 Å². The van der Waals surface area contributed by atoms with Crippen molar-refractivity contribution in [1.82, 2.24) is 10.7 Å². The molecule has 2 rings (SSSR count). The minimum Gasteiger partial charge on any atom is -0.490 e. The molecule has 0 saturated carbocycles. The van der Waals surface area contributed by atoms with Gasteiger partial charge in [-0.25, -0.2) is 5.43 Å². The second-order valence-electron chi connectivity index (χ2n) is 6.33. The fraction of sp³-hybridized carbons (Fsp3) is 0.182. The molecule has 0 atom stereocenters. The summed E-state index contributed by atoms with van der Waals surface area (Å²) in [6, 6.07) is 9.52. The summed E-state index contributed by atoms with van der Waals surface area (Å²) < 4.78 is 11.1. The minimum atomic E-state index is -0.912. The van der Waals surface area contributed by atoms with E-state index in [0.717, 1.165) is 0 Å². The average Bonchev–Trinajstić information content (AvgIpc) is 2.76. The molecule has 174 valence electrons. The van der Waals surface area contributed by atoms with Gasteiger partial charge in [-0.3, -0.25) is 14.4 Å². The number of carbonyl (C=O) groups is 3. The number of benzene rings is 2. The predicted molar refractivity (Wildman–Crippen MR) is 127 cm³/mol. The Balaban J connectivity index is 1.98. The summed E-state index contributed by atoms with van der Waals surface area (Å²) in [4.78, 5) is 35.3. The van der Waals surface area contributed by atoms with Crippen molar-refractivity contribution in [2.75, 3.05) is 25.1 Å². The zero-order chi connectivity index (χ0) is 24.2. The van der Waals surface area contributed by atoms with Gasteiger partial charge in [0.25, 0.3) is 5.91 Å². The highest BCUT2D eigenvalue weighted by atomic mass is 35.5. The van der Waals surface area contributed by atoms with Crippen LogP contribution in [0.4, 0.5) is 5.69 Å². The first-order valence-corrected chi connectivity index (χ1v) is 10.5. The Bertz CT molecular complexity index is 1040. The van der Waals surface area contributed by atoms with Crippen molar-refractivity contribution in [3.05, 3.63) is 64.7 Å². The number of carbonyl (C=O) groups excluding carboxylic acids is 3. The standard InChI is InChI=1S/C22H22Cl2N4O5/c1-3-7-25-21(30)22(31)28-26-12-14-5-6-18(19(8-14)32-4-2)33-13-20(29)27-17-10-15(23)9-16(24)11-17/h3,5-6,8-12H,1,4,7,13H2,2H3,(H,25,30)(H,27,29)(H,28,31). The van der Waals surface area contributed by atoms with Crippen LogP contribution in [-0.4, -0.2) is 43.7 Å². The number of ether oxygens (including phenoxy) is 2. The van der Waals surface area contributed by atoms with E-state index in [1.54, 1.807) is 43.3 Å². The number of rotatable bonds is 10. The molecular weight excluding hydrogens is 471 g/mol. The van der Waals surface area contributed by atoms with E-state index < -0.39 is 17.7 Å². The van der Waals surface area contributed by atoms with Crippen LogP contribution in [0.2, 0.25) is 10.0 Å². The lowest BCUT2D eigenvalue weighted by atomic mass is 10.2. The van der Waals surface area contributed by atoms with Crippen molar-refractivity contribution in [3.8, 4) is 11.5 Å². The molecule has 0 fully saturated rings. The van der Waals surface area contributed by atoms with Gasteiger partial charge in [-0.05, 0) is 48.9 Å². The molecule has 2 aromatic rings. The molecule has 0 aliphatic heterocycles. The Hall–Kier alpha value is -3.56. The highest BCUT2D eigenvalue weighted by Gasteiger charge is 2.12. The average molecular weight is 493 g/mol. The largest absolute Gasteiger partial charge is 0.490 e. The Morgan fingerprint density at radius 3 is 2.42 bits per heavy atom. The Morgan fingerprint density at radius 2 is 1.76 bits per heavy atom. The number of amides is 3. The number of hydrogen-bond donors (Lipinski definition) is 3. The van der Waals surface area contributed by atoms with Gasteiger partial charge in [0.05, 0.1) is 12.8 Å². The van der Waals surface area contributed by atoms with Crippen molar-refractivity contribution < 1.29 is 23.9 Å². The molecule has 9 nitrogen and oxygen atoms in total. The van der Waals surface area contributed by atoms with Crippen molar-refractivity contribution in [3.63, 3.8) is 0 Å². The third-order valence-corrected chi connectivity index (χ3v) is 4.20. The lowest BCUT2D eigenvalue weighted by Gasteiger charge is -2.13. The zero-order valence-electron chi connectivity index (χ0n) is 17.7. The van der Waals surface area contributed by atoms with Crippen molar-refractivity contribution in [2.24, 2.45) is 5.10 Å². The van der Waals surface area contributed by atoms with Crippen molar-refractivity contribution in [1.29, 1.82) is 0 Å². The molecule has 0 radical (unpaired) electrons. The van der Waals surface area contributed by atoms with Gasteiger partial charge in [0.2, 0.25) is 0 Å². The van der Waals surface area contributed by atoms with E-state index in [1.807, 2.05) is 0 Å². The molecule has 0 aliphatic rings. The first-order valence-electron chi connectivity index (χ1n) is 9.70. The highest BCUT2D eigenvalue weighted by molar-refractivity contribution is 6.35. The van der Waals surface area contributed by atoms with Gasteiger partial charge in [0.1, 0.15) is 0 Å². The summed E-state index contributed by atoms with van der Waals surface area (Å²) in [5.74, 6) is -1.45.